The van der Waals surface area contributed by atoms with Crippen molar-refractivity contribution in [3.63, 3.8) is 0 Å². The number of carbonyl (C=O) groups excluding carboxylic acids is 1. The lowest BCUT2D eigenvalue weighted by Gasteiger charge is -2.28. The first kappa shape index (κ1) is 15.6. The number of methoxy groups -OCH3 is 1. The molecule has 120 valence electrons. The lowest BCUT2D eigenvalue weighted by Crippen LogP contribution is -2.37. The van der Waals surface area contributed by atoms with Gasteiger partial charge in [0.05, 0.1) is 13.7 Å². The molecule has 0 atom stereocenters. The maximum Gasteiger partial charge on any atom is 0.238 e. The molecule has 0 spiro atoms. The van der Waals surface area contributed by atoms with E-state index in [0.29, 0.717) is 6.54 Å². The van der Waals surface area contributed by atoms with Crippen molar-refractivity contribution >= 4 is 11.6 Å². The first-order valence-corrected chi connectivity index (χ1v) is 7.89. The maximum absolute atomic E-state index is 12.2. The van der Waals surface area contributed by atoms with Crippen LogP contribution in [0.4, 0.5) is 5.69 Å². The molecule has 0 aliphatic carbocycles. The number of nitrogens with one attached hydrogen (secondary N) is 1. The van der Waals surface area contributed by atoms with E-state index < -0.39 is 0 Å². The van der Waals surface area contributed by atoms with Crippen LogP contribution in [-0.2, 0) is 17.8 Å². The quantitative estimate of drug-likeness (QED) is 0.944. The normalized spacial score (nSPS) is 14.2. The van der Waals surface area contributed by atoms with Crippen LogP contribution in [0.3, 0.4) is 0 Å². The lowest BCUT2D eigenvalue weighted by atomic mass is 9.99. The van der Waals surface area contributed by atoms with Gasteiger partial charge < -0.3 is 10.1 Å². The van der Waals surface area contributed by atoms with Crippen LogP contribution in [0, 0.1) is 6.92 Å². The Labute approximate surface area is 137 Å². The van der Waals surface area contributed by atoms with E-state index in [-0.39, 0.29) is 5.91 Å². The Morgan fingerprint density at radius 2 is 1.96 bits per heavy atom. The highest BCUT2D eigenvalue weighted by Gasteiger charge is 2.19. The Bertz CT molecular complexity index is 695. The molecule has 23 heavy (non-hydrogen) atoms. The number of carbonyl (C=O) groups is 1. The van der Waals surface area contributed by atoms with Gasteiger partial charge >= 0.3 is 0 Å². The summed E-state index contributed by atoms with van der Waals surface area (Å²) in [5.41, 5.74) is 4.63. The van der Waals surface area contributed by atoms with Crippen LogP contribution in [0.25, 0.3) is 0 Å². The highest BCUT2D eigenvalue weighted by atomic mass is 16.5. The number of nitrogens with zero attached hydrogens (tertiary/aromatic N) is 1. The summed E-state index contributed by atoms with van der Waals surface area (Å²) in [6.45, 7) is 4.13. The number of aryl methyl sites for hydroxylation is 1. The van der Waals surface area contributed by atoms with Crippen molar-refractivity contribution in [2.45, 2.75) is 19.9 Å². The van der Waals surface area contributed by atoms with Gasteiger partial charge in [-0.25, -0.2) is 0 Å². The van der Waals surface area contributed by atoms with Crippen LogP contribution in [0.1, 0.15) is 16.7 Å². The van der Waals surface area contributed by atoms with E-state index in [1.54, 1.807) is 7.11 Å². The van der Waals surface area contributed by atoms with Crippen LogP contribution >= 0.6 is 0 Å². The summed E-state index contributed by atoms with van der Waals surface area (Å²) in [5.74, 6) is 0.898. The Morgan fingerprint density at radius 1 is 1.17 bits per heavy atom. The second-order valence-corrected chi connectivity index (χ2v) is 6.01. The first-order valence-electron chi connectivity index (χ1n) is 7.89. The van der Waals surface area contributed by atoms with E-state index in [4.69, 9.17) is 4.74 Å². The molecule has 4 heteroatoms. The van der Waals surface area contributed by atoms with Crippen molar-refractivity contribution in [1.29, 1.82) is 0 Å². The topological polar surface area (TPSA) is 41.6 Å². The molecule has 2 aromatic carbocycles. The molecule has 0 fully saturated rings. The molecule has 1 aliphatic rings. The molecule has 2 aromatic rings. The number of rotatable bonds is 4. The van der Waals surface area contributed by atoms with E-state index in [9.17, 15) is 4.79 Å². The zero-order valence-electron chi connectivity index (χ0n) is 13.6. The molecule has 0 bridgehead atoms. The lowest BCUT2D eigenvalue weighted by molar-refractivity contribution is -0.117. The summed E-state index contributed by atoms with van der Waals surface area (Å²) in [7, 11) is 1.68. The summed E-state index contributed by atoms with van der Waals surface area (Å²) in [4.78, 5) is 14.4. The Balaban J connectivity index is 1.60. The van der Waals surface area contributed by atoms with Crippen LogP contribution in [0.15, 0.2) is 42.5 Å². The van der Waals surface area contributed by atoms with Crippen LogP contribution in [-0.4, -0.2) is 31.0 Å². The van der Waals surface area contributed by atoms with Crippen molar-refractivity contribution in [2.24, 2.45) is 0 Å². The van der Waals surface area contributed by atoms with Gasteiger partial charge in [-0.15, -0.1) is 0 Å². The molecule has 0 aromatic heterocycles. The molecule has 0 unspecified atom stereocenters. The van der Waals surface area contributed by atoms with Gasteiger partial charge in [0, 0.05) is 18.8 Å². The maximum atomic E-state index is 12.2. The van der Waals surface area contributed by atoms with E-state index in [1.807, 2.05) is 37.3 Å². The summed E-state index contributed by atoms with van der Waals surface area (Å²) in [6.07, 6.45) is 0.969. The molecular formula is C19H22N2O2. The molecule has 0 radical (unpaired) electrons. The molecule has 1 aliphatic heterocycles. The fraction of sp³-hybridized carbons (Fsp3) is 0.316. The fourth-order valence-electron chi connectivity index (χ4n) is 2.89. The number of hydrogen-bond acceptors (Lipinski definition) is 3. The number of hydrogen-bond donors (Lipinski definition) is 1. The van der Waals surface area contributed by atoms with Gasteiger partial charge in [-0.05, 0) is 48.7 Å². The third kappa shape index (κ3) is 3.90. The third-order valence-electron chi connectivity index (χ3n) is 4.21. The molecule has 4 nitrogen and oxygen atoms in total. The average molecular weight is 310 g/mol. The van der Waals surface area contributed by atoms with Crippen molar-refractivity contribution in [1.82, 2.24) is 4.90 Å². The van der Waals surface area contributed by atoms with E-state index in [1.165, 1.54) is 16.7 Å². The largest absolute Gasteiger partial charge is 0.497 e. The highest BCUT2D eigenvalue weighted by Crippen LogP contribution is 2.23. The summed E-state index contributed by atoms with van der Waals surface area (Å²) in [5, 5.41) is 2.96. The van der Waals surface area contributed by atoms with Crippen molar-refractivity contribution in [3.05, 3.63) is 59.2 Å². The monoisotopic (exact) mass is 310 g/mol. The summed E-state index contributed by atoms with van der Waals surface area (Å²) < 4.78 is 5.29. The fourth-order valence-corrected chi connectivity index (χ4v) is 2.89. The van der Waals surface area contributed by atoms with E-state index in [2.05, 4.69) is 22.3 Å². The van der Waals surface area contributed by atoms with Crippen molar-refractivity contribution in [3.8, 4) is 5.75 Å². The van der Waals surface area contributed by atoms with Crippen molar-refractivity contribution in [2.75, 3.05) is 25.5 Å². The zero-order valence-corrected chi connectivity index (χ0v) is 13.6. The van der Waals surface area contributed by atoms with Gasteiger partial charge in [-0.1, -0.05) is 23.8 Å². The number of fused-ring (bicyclic) bond motifs is 1. The second-order valence-electron chi connectivity index (χ2n) is 6.01. The third-order valence-corrected chi connectivity index (χ3v) is 4.21. The summed E-state index contributed by atoms with van der Waals surface area (Å²) >= 11 is 0. The predicted octanol–water partition coefficient (Wildman–Crippen LogP) is 3.00. The number of anilines is 1. The SMILES string of the molecule is COc1ccc2c(c1)CN(CC(=O)Nc1ccc(C)cc1)CC2. The van der Waals surface area contributed by atoms with Gasteiger partial charge in [0.2, 0.25) is 5.91 Å². The predicted molar refractivity (Wildman–Crippen MR) is 91.8 cm³/mol. The zero-order chi connectivity index (χ0) is 16.2. The van der Waals surface area contributed by atoms with Gasteiger partial charge in [-0.3, -0.25) is 9.69 Å². The van der Waals surface area contributed by atoms with Gasteiger partial charge in [0.15, 0.2) is 0 Å². The molecule has 0 saturated carbocycles. The van der Waals surface area contributed by atoms with Crippen LogP contribution in [0.2, 0.25) is 0 Å². The van der Waals surface area contributed by atoms with E-state index >= 15 is 0 Å². The van der Waals surface area contributed by atoms with Gasteiger partial charge in [-0.2, -0.15) is 0 Å². The highest BCUT2D eigenvalue weighted by molar-refractivity contribution is 5.92. The molecule has 1 N–H and O–H groups in total. The smallest absolute Gasteiger partial charge is 0.238 e. The minimum absolute atomic E-state index is 0.0280. The molecule has 0 saturated heterocycles. The van der Waals surface area contributed by atoms with Gasteiger partial charge in [0.25, 0.3) is 0 Å². The minimum Gasteiger partial charge on any atom is -0.497 e. The van der Waals surface area contributed by atoms with Gasteiger partial charge in [0.1, 0.15) is 5.75 Å². The molecular weight excluding hydrogens is 288 g/mol. The Hall–Kier alpha value is -2.33. The first-order chi connectivity index (χ1) is 11.1. The second kappa shape index (κ2) is 6.84. The van der Waals surface area contributed by atoms with Crippen LogP contribution < -0.4 is 10.1 Å². The number of ether oxygens (including phenoxy) is 1. The van der Waals surface area contributed by atoms with Crippen molar-refractivity contribution < 1.29 is 9.53 Å². The number of benzene rings is 2. The number of amides is 1. The van der Waals surface area contributed by atoms with E-state index in [0.717, 1.165) is 30.9 Å². The summed E-state index contributed by atoms with van der Waals surface area (Å²) in [6, 6.07) is 14.1. The average Bonchev–Trinajstić information content (AvgIpc) is 2.56. The Morgan fingerprint density at radius 3 is 2.70 bits per heavy atom. The molecule has 1 heterocycles. The minimum atomic E-state index is 0.0280. The molecule has 3 rings (SSSR count). The van der Waals surface area contributed by atoms with Crippen LogP contribution in [0.5, 0.6) is 5.75 Å². The standard InChI is InChI=1S/C19H22N2O2/c1-14-3-6-17(7-4-14)20-19(22)13-21-10-9-15-5-8-18(23-2)11-16(15)12-21/h3-8,11H,9-10,12-13H2,1-2H3,(H,20,22). The molecule has 1 amide bonds. The Kier molecular flexibility index (Phi) is 4.63.